The lowest BCUT2D eigenvalue weighted by molar-refractivity contribution is -0.160. The monoisotopic (exact) mass is 861 g/mol. The Kier molecular flexibility index (Phi) is 15.2. The van der Waals surface area contributed by atoms with Gasteiger partial charge in [-0.25, -0.2) is 0 Å². The van der Waals surface area contributed by atoms with Gasteiger partial charge >= 0.3 is 11.8 Å². The molecule has 2 aromatic rings. The van der Waals surface area contributed by atoms with E-state index in [1.165, 1.54) is 33.4 Å². The molecule has 4 aliphatic heterocycles. The third kappa shape index (κ3) is 9.63. The molecule has 1 fully saturated rings. The predicted octanol–water partition coefficient (Wildman–Crippen LogP) is 5.58. The zero-order valence-electron chi connectivity index (χ0n) is 37.6. The molecule has 6 N–H and O–H groups in total. The summed E-state index contributed by atoms with van der Waals surface area (Å²) in [5, 5.41) is 60.0. The van der Waals surface area contributed by atoms with Crippen LogP contribution in [0.2, 0.25) is 0 Å². The van der Waals surface area contributed by atoms with Crippen LogP contribution in [-0.4, -0.2) is 125 Å². The maximum absolute atomic E-state index is 14.7. The first-order valence-corrected chi connectivity index (χ1v) is 21.0. The van der Waals surface area contributed by atoms with Crippen molar-refractivity contribution in [3.05, 3.63) is 65.1 Å². The molecule has 5 bridgehead atoms. The number of hydrogen-bond donors (Lipinski definition) is 6. The minimum absolute atomic E-state index is 0.0367. The van der Waals surface area contributed by atoms with Crippen LogP contribution in [0.5, 0.6) is 17.2 Å². The Morgan fingerprint density at radius 3 is 2.31 bits per heavy atom. The van der Waals surface area contributed by atoms with Crippen LogP contribution in [0.15, 0.2) is 53.5 Å². The van der Waals surface area contributed by atoms with E-state index >= 15 is 0 Å². The van der Waals surface area contributed by atoms with Crippen LogP contribution >= 0.6 is 0 Å². The summed E-state index contributed by atoms with van der Waals surface area (Å²) in [5.74, 6) is -7.06. The van der Waals surface area contributed by atoms with E-state index in [2.05, 4.69) is 20.6 Å². The number of benzene rings is 2. The van der Waals surface area contributed by atoms with E-state index in [0.717, 1.165) is 13.1 Å². The number of aliphatic hydroxyl groups is 2. The van der Waals surface area contributed by atoms with Crippen LogP contribution in [0.25, 0.3) is 10.8 Å². The highest BCUT2D eigenvalue weighted by Crippen LogP contribution is 2.54. The number of phenolic OH excluding ortho intramolecular Hbond substituents is 2. The number of aliphatic hydroxyl groups excluding tert-OH is 2. The number of ketones is 1. The number of Topliss-reactive ketones (excluding diaryl/α,β-unsaturated/α-hetero) is 1. The van der Waals surface area contributed by atoms with Crippen molar-refractivity contribution in [3.8, 4) is 17.2 Å². The Morgan fingerprint density at radius 1 is 1.00 bits per heavy atom. The predicted molar refractivity (Wildman–Crippen MR) is 237 cm³/mol. The zero-order chi connectivity index (χ0) is 45.8. The minimum Gasteiger partial charge on any atom is -0.507 e. The molecule has 9 atom stereocenters. The first kappa shape index (κ1) is 47.6. The van der Waals surface area contributed by atoms with Gasteiger partial charge in [0.2, 0.25) is 0 Å². The molecule has 0 unspecified atom stereocenters. The van der Waals surface area contributed by atoms with Crippen LogP contribution in [0.3, 0.4) is 0 Å². The number of methoxy groups -OCH3 is 1. The third-order valence-electron chi connectivity index (χ3n) is 12.3. The van der Waals surface area contributed by atoms with Gasteiger partial charge in [0.15, 0.2) is 0 Å². The molecule has 4 aliphatic rings. The molecule has 338 valence electrons. The van der Waals surface area contributed by atoms with Crippen molar-refractivity contribution in [2.75, 3.05) is 51.0 Å². The van der Waals surface area contributed by atoms with Crippen LogP contribution in [0, 0.1) is 30.6 Å². The van der Waals surface area contributed by atoms with Gasteiger partial charge in [0.1, 0.15) is 23.4 Å². The van der Waals surface area contributed by atoms with E-state index in [0.29, 0.717) is 24.3 Å². The lowest BCUT2D eigenvalue weighted by Gasteiger charge is -2.38. The number of amides is 1. The molecule has 4 heterocycles. The van der Waals surface area contributed by atoms with E-state index in [1.807, 2.05) is 12.1 Å². The van der Waals surface area contributed by atoms with Crippen molar-refractivity contribution in [2.45, 2.75) is 92.5 Å². The van der Waals surface area contributed by atoms with Crippen molar-refractivity contribution < 1.29 is 53.8 Å². The highest BCUT2D eigenvalue weighted by atomic mass is 16.7. The van der Waals surface area contributed by atoms with Crippen molar-refractivity contribution in [1.29, 1.82) is 0 Å². The van der Waals surface area contributed by atoms with Gasteiger partial charge in [-0.2, -0.15) is 5.10 Å². The normalized spacial score (nSPS) is 31.2. The van der Waals surface area contributed by atoms with Crippen molar-refractivity contribution in [1.82, 2.24) is 9.91 Å². The number of carbonyl (C=O) groups excluding carboxylic acids is 3. The van der Waals surface area contributed by atoms with Crippen LogP contribution in [0.1, 0.15) is 76.9 Å². The molecule has 0 radical (unpaired) electrons. The van der Waals surface area contributed by atoms with E-state index < -0.39 is 83.0 Å². The highest BCUT2D eigenvalue weighted by Gasteiger charge is 2.50. The Bertz CT molecular complexity index is 2180. The van der Waals surface area contributed by atoms with Gasteiger partial charge in [-0.15, -0.1) is 0 Å². The van der Waals surface area contributed by atoms with Gasteiger partial charge in [-0.1, -0.05) is 52.0 Å². The molecule has 16 nitrogen and oxygen atoms in total. The number of hydrogen-bond acceptors (Lipinski definition) is 15. The van der Waals surface area contributed by atoms with E-state index in [-0.39, 0.29) is 38.9 Å². The quantitative estimate of drug-likeness (QED) is 0.0908. The fourth-order valence-electron chi connectivity index (χ4n) is 8.29. The van der Waals surface area contributed by atoms with E-state index in [9.17, 15) is 34.8 Å². The van der Waals surface area contributed by atoms with Gasteiger partial charge in [0, 0.05) is 87.3 Å². The summed E-state index contributed by atoms with van der Waals surface area (Å²) in [4.78, 5) is 43.2. The number of likely N-dealkylation sites (N-methyl/N-ethyl adjacent to an activating group) is 1. The van der Waals surface area contributed by atoms with Crippen LogP contribution < -0.4 is 15.4 Å². The fourth-order valence-corrected chi connectivity index (χ4v) is 8.29. The molecule has 16 heteroatoms. The average Bonchev–Trinajstić information content (AvgIpc) is 3.50. The lowest BCUT2D eigenvalue weighted by Crippen LogP contribution is -2.46. The number of allylic oxidation sites excluding steroid dienone is 3. The number of ether oxygens (including phenoxy) is 4. The summed E-state index contributed by atoms with van der Waals surface area (Å²) in [6, 6.07) is 0. The van der Waals surface area contributed by atoms with Crippen molar-refractivity contribution in [3.63, 3.8) is 0 Å². The minimum atomic E-state index is -1.98. The second kappa shape index (κ2) is 19.7. The van der Waals surface area contributed by atoms with Crippen LogP contribution in [0.4, 0.5) is 11.4 Å². The largest absolute Gasteiger partial charge is 0.507 e. The van der Waals surface area contributed by atoms with E-state index in [1.54, 1.807) is 85.0 Å². The molecule has 1 saturated heterocycles. The number of carbonyl (C=O) groups is 3. The molecule has 0 aromatic heterocycles. The summed E-state index contributed by atoms with van der Waals surface area (Å²) in [6.07, 6.45) is 8.53. The molecule has 6 rings (SSSR count). The number of phenols is 2. The number of fused-ring (bicyclic) bond motifs is 14. The average molecular weight is 862 g/mol. The van der Waals surface area contributed by atoms with Gasteiger partial charge in [0.05, 0.1) is 58.7 Å². The van der Waals surface area contributed by atoms with Gasteiger partial charge in [-0.3, -0.25) is 19.4 Å². The van der Waals surface area contributed by atoms with Crippen molar-refractivity contribution >= 4 is 46.0 Å². The highest BCUT2D eigenvalue weighted by molar-refractivity contribution is 6.25. The zero-order valence-corrected chi connectivity index (χ0v) is 37.6. The second-order valence-electron chi connectivity index (χ2n) is 16.8. The Labute approximate surface area is 363 Å². The molecule has 0 spiro atoms. The number of aromatic hydroxyl groups is 2. The summed E-state index contributed by atoms with van der Waals surface area (Å²) < 4.78 is 24.1. The fraction of sp³-hybridized carbons (Fsp3) is 0.522. The SMILES string of the molecule is C/C=C/Nc1c(C)c2c3c4c(O)c(/C=N/N5CCN(C)CC5)c(c(O)c14)NC(=O)/C(C)=C\C=C\[C@H](C)[C@H](O)[C@@H](C)[C@@H](O)[C@@H](C)[C@H](OC(C)=O)[C@H](C)[C@@H](OC)/C=C/O[C@@](C)(O2)C3=O. The third-order valence-corrected chi connectivity index (χ3v) is 12.3. The van der Waals surface area contributed by atoms with Gasteiger partial charge < -0.3 is 54.9 Å². The van der Waals surface area contributed by atoms with E-state index in [4.69, 9.17) is 18.9 Å². The molecule has 1 amide bonds. The molecule has 2 aromatic carbocycles. The number of esters is 1. The molecule has 0 saturated carbocycles. The number of piperazine rings is 1. The van der Waals surface area contributed by atoms with Gasteiger partial charge in [0.25, 0.3) is 11.7 Å². The second-order valence-corrected chi connectivity index (χ2v) is 16.8. The van der Waals surface area contributed by atoms with Crippen molar-refractivity contribution in [2.24, 2.45) is 28.8 Å². The number of nitrogens with one attached hydrogen (secondary N) is 2. The standard InChI is InChI=1S/C46H63N5O11/c1-12-17-47-36-27(5)43-35-33-34(36)41(56)37(31(40(33)55)23-48-51-20-18-50(10)19-21-51)49-45(58)25(3)15-13-14-24(2)38(53)28(6)39(54)29(7)42(61-30(8)52)26(4)32(59-11)16-22-60-46(9,62-43)44(35)57/h12-17,22-24,26,28-29,32,38-39,42,47,53-56H,18-21H2,1-11H3,(H,49,58)/b14-13+,17-12+,22-16+,25-15-,48-23+/t24-,26+,28+,29+,32-,38-,39+,42+,46-/m0/s1. The van der Waals surface area contributed by atoms with Gasteiger partial charge in [-0.05, 0) is 40.1 Å². The smallest absolute Gasteiger partial charge is 0.312 e. The Hall–Kier alpha value is -5.42. The molecule has 62 heavy (non-hydrogen) atoms. The summed E-state index contributed by atoms with van der Waals surface area (Å²) in [7, 11) is 3.47. The number of nitrogens with zero attached hydrogens (tertiary/aromatic N) is 3. The Balaban J connectivity index is 1.76. The number of rotatable bonds is 6. The first-order chi connectivity index (χ1) is 29.3. The molecular weight excluding hydrogens is 799 g/mol. The lowest BCUT2D eigenvalue weighted by atomic mass is 9.78. The summed E-state index contributed by atoms with van der Waals surface area (Å²) in [6.45, 7) is 17.4. The molecular formula is C46H63N5O11. The summed E-state index contributed by atoms with van der Waals surface area (Å²) >= 11 is 0. The number of anilines is 2. The summed E-state index contributed by atoms with van der Waals surface area (Å²) in [5.41, 5.74) is 0.649. The molecule has 0 aliphatic carbocycles. The van der Waals surface area contributed by atoms with Crippen LogP contribution in [-0.2, 0) is 23.8 Å². The Morgan fingerprint density at radius 2 is 1.68 bits per heavy atom. The first-order valence-electron chi connectivity index (χ1n) is 21.0. The maximum Gasteiger partial charge on any atom is 0.312 e. The maximum atomic E-state index is 14.7. The number of hydrazone groups is 1. The topological polar surface area (TPSA) is 212 Å².